The van der Waals surface area contributed by atoms with Crippen LogP contribution in [-0.4, -0.2) is 30.1 Å². The Kier molecular flexibility index (Phi) is 5.14. The highest BCUT2D eigenvalue weighted by Gasteiger charge is 2.24. The SMILES string of the molecule is CC(=O)NCc1cc(OC2CCN(c3ccc(C#N)cc3)C2)ccn1. The van der Waals surface area contributed by atoms with E-state index in [1.165, 1.54) is 6.92 Å². The summed E-state index contributed by atoms with van der Waals surface area (Å²) < 4.78 is 6.07. The average molecular weight is 336 g/mol. The van der Waals surface area contributed by atoms with E-state index in [4.69, 9.17) is 10.00 Å². The fourth-order valence-electron chi connectivity index (χ4n) is 2.84. The van der Waals surface area contributed by atoms with Gasteiger partial charge < -0.3 is 15.0 Å². The number of ether oxygens (including phenoxy) is 1. The predicted octanol–water partition coefficient (Wildman–Crippen LogP) is 2.25. The number of nitriles is 1. The molecule has 3 rings (SSSR count). The molecule has 0 radical (unpaired) electrons. The molecular weight excluding hydrogens is 316 g/mol. The smallest absolute Gasteiger partial charge is 0.217 e. The third kappa shape index (κ3) is 4.48. The zero-order valence-electron chi connectivity index (χ0n) is 14.1. The van der Waals surface area contributed by atoms with Crippen molar-refractivity contribution in [3.8, 4) is 11.8 Å². The molecule has 6 heteroatoms. The van der Waals surface area contributed by atoms with Gasteiger partial charge in [-0.3, -0.25) is 9.78 Å². The van der Waals surface area contributed by atoms with Gasteiger partial charge in [0, 0.05) is 37.8 Å². The lowest BCUT2D eigenvalue weighted by Crippen LogP contribution is -2.24. The maximum atomic E-state index is 11.0. The second-order valence-corrected chi connectivity index (χ2v) is 6.03. The van der Waals surface area contributed by atoms with E-state index >= 15 is 0 Å². The van der Waals surface area contributed by atoms with Crippen molar-refractivity contribution < 1.29 is 9.53 Å². The fourth-order valence-corrected chi connectivity index (χ4v) is 2.84. The van der Waals surface area contributed by atoms with Crippen LogP contribution in [0, 0.1) is 11.3 Å². The van der Waals surface area contributed by atoms with Crippen molar-refractivity contribution in [2.45, 2.75) is 26.0 Å². The number of pyridine rings is 1. The number of nitrogens with zero attached hydrogens (tertiary/aromatic N) is 3. The minimum Gasteiger partial charge on any atom is -0.488 e. The molecule has 2 aromatic rings. The van der Waals surface area contributed by atoms with Gasteiger partial charge in [-0.2, -0.15) is 5.26 Å². The molecule has 6 nitrogen and oxygen atoms in total. The van der Waals surface area contributed by atoms with Gasteiger partial charge in [0.2, 0.25) is 5.91 Å². The van der Waals surface area contributed by atoms with Gasteiger partial charge in [0.15, 0.2) is 0 Å². The number of carbonyl (C=O) groups excluding carboxylic acids is 1. The molecule has 1 unspecified atom stereocenters. The first-order valence-corrected chi connectivity index (χ1v) is 8.25. The van der Waals surface area contributed by atoms with Crippen LogP contribution in [0.1, 0.15) is 24.6 Å². The number of nitrogens with one attached hydrogen (secondary N) is 1. The number of hydrogen-bond donors (Lipinski definition) is 1. The van der Waals surface area contributed by atoms with Crippen molar-refractivity contribution in [3.63, 3.8) is 0 Å². The maximum Gasteiger partial charge on any atom is 0.217 e. The summed E-state index contributed by atoms with van der Waals surface area (Å²) in [5.41, 5.74) is 2.54. The van der Waals surface area contributed by atoms with Crippen molar-refractivity contribution in [1.82, 2.24) is 10.3 Å². The normalized spacial score (nSPS) is 16.3. The third-order valence-corrected chi connectivity index (χ3v) is 4.12. The van der Waals surface area contributed by atoms with Crippen molar-refractivity contribution in [3.05, 3.63) is 53.9 Å². The lowest BCUT2D eigenvalue weighted by molar-refractivity contribution is -0.119. The minimum atomic E-state index is -0.0815. The second-order valence-electron chi connectivity index (χ2n) is 6.03. The van der Waals surface area contributed by atoms with Gasteiger partial charge in [0.1, 0.15) is 11.9 Å². The Hall–Kier alpha value is -3.07. The van der Waals surface area contributed by atoms with E-state index in [2.05, 4.69) is 21.3 Å². The van der Waals surface area contributed by atoms with Crippen LogP contribution in [0.15, 0.2) is 42.6 Å². The molecule has 25 heavy (non-hydrogen) atoms. The minimum absolute atomic E-state index is 0.0815. The Labute approximate surface area is 147 Å². The lowest BCUT2D eigenvalue weighted by Gasteiger charge is -2.19. The van der Waals surface area contributed by atoms with Crippen molar-refractivity contribution >= 4 is 11.6 Å². The number of anilines is 1. The zero-order chi connectivity index (χ0) is 17.6. The number of benzene rings is 1. The highest BCUT2D eigenvalue weighted by Crippen LogP contribution is 2.24. The number of aromatic nitrogens is 1. The molecule has 1 N–H and O–H groups in total. The molecule has 1 fully saturated rings. The summed E-state index contributed by atoms with van der Waals surface area (Å²) in [4.78, 5) is 17.5. The number of hydrogen-bond acceptors (Lipinski definition) is 5. The first-order chi connectivity index (χ1) is 12.1. The summed E-state index contributed by atoms with van der Waals surface area (Å²) >= 11 is 0. The molecule has 1 aliphatic heterocycles. The first-order valence-electron chi connectivity index (χ1n) is 8.25. The van der Waals surface area contributed by atoms with E-state index in [9.17, 15) is 4.79 Å². The predicted molar refractivity (Wildman–Crippen MR) is 94.2 cm³/mol. The Morgan fingerprint density at radius 3 is 2.92 bits per heavy atom. The van der Waals surface area contributed by atoms with E-state index < -0.39 is 0 Å². The molecule has 0 saturated carbocycles. The summed E-state index contributed by atoms with van der Waals surface area (Å²) in [5, 5.41) is 11.6. The fraction of sp³-hybridized carbons (Fsp3) is 0.316. The van der Waals surface area contributed by atoms with Gasteiger partial charge in [-0.1, -0.05) is 0 Å². The van der Waals surface area contributed by atoms with E-state index in [-0.39, 0.29) is 12.0 Å². The maximum absolute atomic E-state index is 11.0. The summed E-state index contributed by atoms with van der Waals surface area (Å²) in [6, 6.07) is 13.4. The molecule has 1 aromatic heterocycles. The molecule has 1 amide bonds. The largest absolute Gasteiger partial charge is 0.488 e. The lowest BCUT2D eigenvalue weighted by atomic mass is 10.2. The molecule has 128 valence electrons. The highest BCUT2D eigenvalue weighted by molar-refractivity contribution is 5.72. The van der Waals surface area contributed by atoms with Crippen LogP contribution < -0.4 is 15.0 Å². The molecule has 1 saturated heterocycles. The van der Waals surface area contributed by atoms with Gasteiger partial charge in [-0.05, 0) is 30.3 Å². The molecule has 0 aliphatic carbocycles. The Morgan fingerprint density at radius 2 is 2.20 bits per heavy atom. The molecule has 2 heterocycles. The van der Waals surface area contributed by atoms with Gasteiger partial charge in [-0.25, -0.2) is 0 Å². The van der Waals surface area contributed by atoms with Gasteiger partial charge in [0.25, 0.3) is 0 Å². The van der Waals surface area contributed by atoms with E-state index in [0.29, 0.717) is 12.1 Å². The zero-order valence-corrected chi connectivity index (χ0v) is 14.1. The highest BCUT2D eigenvalue weighted by atomic mass is 16.5. The van der Waals surface area contributed by atoms with Crippen LogP contribution in [-0.2, 0) is 11.3 Å². The second kappa shape index (κ2) is 7.67. The first kappa shape index (κ1) is 16.8. The number of carbonyl (C=O) groups is 1. The van der Waals surface area contributed by atoms with Crippen molar-refractivity contribution in [1.29, 1.82) is 5.26 Å². The van der Waals surface area contributed by atoms with Crippen LogP contribution in [0.4, 0.5) is 5.69 Å². The Bertz CT molecular complexity index is 783. The number of amides is 1. The molecule has 1 aliphatic rings. The monoisotopic (exact) mass is 336 g/mol. The number of rotatable bonds is 5. The van der Waals surface area contributed by atoms with E-state index in [1.54, 1.807) is 6.20 Å². The van der Waals surface area contributed by atoms with Gasteiger partial charge in [0.05, 0.1) is 30.4 Å². The van der Waals surface area contributed by atoms with Gasteiger partial charge in [-0.15, -0.1) is 0 Å². The van der Waals surface area contributed by atoms with Crippen LogP contribution in [0.2, 0.25) is 0 Å². The Morgan fingerprint density at radius 1 is 1.40 bits per heavy atom. The van der Waals surface area contributed by atoms with Gasteiger partial charge >= 0.3 is 0 Å². The third-order valence-electron chi connectivity index (χ3n) is 4.12. The van der Waals surface area contributed by atoms with Crippen LogP contribution in [0.25, 0.3) is 0 Å². The van der Waals surface area contributed by atoms with E-state index in [0.717, 1.165) is 36.6 Å². The molecular formula is C19H20N4O2. The molecule has 0 bridgehead atoms. The average Bonchev–Trinajstić information content (AvgIpc) is 3.09. The summed E-state index contributed by atoms with van der Waals surface area (Å²) in [6.07, 6.45) is 2.73. The molecule has 1 atom stereocenters. The van der Waals surface area contributed by atoms with E-state index in [1.807, 2.05) is 36.4 Å². The van der Waals surface area contributed by atoms with Crippen molar-refractivity contribution in [2.24, 2.45) is 0 Å². The Balaban J connectivity index is 1.58. The van der Waals surface area contributed by atoms with Crippen LogP contribution in [0.5, 0.6) is 5.75 Å². The van der Waals surface area contributed by atoms with Crippen molar-refractivity contribution in [2.75, 3.05) is 18.0 Å². The topological polar surface area (TPSA) is 78.2 Å². The molecule has 0 spiro atoms. The summed E-state index contributed by atoms with van der Waals surface area (Å²) in [5.74, 6) is 0.684. The quantitative estimate of drug-likeness (QED) is 0.906. The van der Waals surface area contributed by atoms with Crippen LogP contribution in [0.3, 0.4) is 0 Å². The molecule has 1 aromatic carbocycles. The standard InChI is InChI=1S/C19H20N4O2/c1-14(24)22-12-16-10-18(6-8-21-16)25-19-7-9-23(13-19)17-4-2-15(11-20)3-5-17/h2-6,8,10,19H,7,9,12-13H2,1H3,(H,22,24). The summed E-state index contributed by atoms with van der Waals surface area (Å²) in [6.45, 7) is 3.60. The van der Waals surface area contributed by atoms with Crippen LogP contribution >= 0.6 is 0 Å². The summed E-state index contributed by atoms with van der Waals surface area (Å²) in [7, 11) is 0.